The first-order valence-corrected chi connectivity index (χ1v) is 9.57. The number of nitrogens with zero attached hydrogens (tertiary/aromatic N) is 3. The summed E-state index contributed by atoms with van der Waals surface area (Å²) in [5, 5.41) is 3.57. The van der Waals surface area contributed by atoms with E-state index in [9.17, 15) is 4.79 Å². The van der Waals surface area contributed by atoms with Crippen LogP contribution in [0.3, 0.4) is 0 Å². The van der Waals surface area contributed by atoms with Crippen LogP contribution in [-0.4, -0.2) is 80.7 Å². The Morgan fingerprint density at radius 2 is 2.04 bits per heavy atom. The summed E-state index contributed by atoms with van der Waals surface area (Å²) in [5.41, 5.74) is 5.37. The first-order chi connectivity index (χ1) is 12.0. The Bertz CT molecular complexity index is 449. The van der Waals surface area contributed by atoms with Crippen LogP contribution in [0.1, 0.15) is 33.1 Å². The van der Waals surface area contributed by atoms with E-state index >= 15 is 0 Å². The van der Waals surface area contributed by atoms with E-state index in [0.717, 1.165) is 64.7 Å². The number of likely N-dealkylation sites (tertiary alicyclic amines) is 1. The fourth-order valence-electron chi connectivity index (χ4n) is 3.93. The molecule has 0 aromatic carbocycles. The van der Waals surface area contributed by atoms with Crippen molar-refractivity contribution in [1.82, 2.24) is 15.1 Å². The fourth-order valence-corrected chi connectivity index (χ4v) is 3.93. The Morgan fingerprint density at radius 3 is 2.64 bits per heavy atom. The molecule has 2 rings (SSSR count). The number of nitrogens with one attached hydrogen (secondary N) is 1. The summed E-state index contributed by atoms with van der Waals surface area (Å²) >= 11 is 0. The lowest BCUT2D eigenvalue weighted by atomic mass is 9.95. The third kappa shape index (κ3) is 6.15. The monoisotopic (exact) mass is 353 g/mol. The second kappa shape index (κ2) is 9.97. The van der Waals surface area contributed by atoms with Crippen LogP contribution in [0.5, 0.6) is 0 Å². The molecule has 2 heterocycles. The average Bonchev–Trinajstić information content (AvgIpc) is 2.59. The molecule has 144 valence electrons. The molecule has 7 nitrogen and oxygen atoms in total. The normalized spacial score (nSPS) is 24.4. The van der Waals surface area contributed by atoms with Gasteiger partial charge in [0.2, 0.25) is 5.91 Å². The minimum Gasteiger partial charge on any atom is -0.379 e. The van der Waals surface area contributed by atoms with Gasteiger partial charge in [0.1, 0.15) is 0 Å². The Labute approximate surface area is 152 Å². The topological polar surface area (TPSA) is 83.2 Å². The summed E-state index contributed by atoms with van der Waals surface area (Å²) in [4.78, 5) is 20.5. The molecule has 0 aromatic heterocycles. The summed E-state index contributed by atoms with van der Waals surface area (Å²) < 4.78 is 5.48. The number of ether oxygens (including phenoxy) is 1. The number of amides is 1. The molecular formula is C18H35N5O2. The number of aliphatic imine (C=N–C) groups is 1. The van der Waals surface area contributed by atoms with Crippen LogP contribution >= 0.6 is 0 Å². The molecule has 0 saturated carbocycles. The molecule has 0 aliphatic carbocycles. The van der Waals surface area contributed by atoms with E-state index in [1.165, 1.54) is 0 Å². The van der Waals surface area contributed by atoms with Gasteiger partial charge in [0.15, 0.2) is 5.96 Å². The van der Waals surface area contributed by atoms with Crippen LogP contribution in [0.15, 0.2) is 4.99 Å². The van der Waals surface area contributed by atoms with Crippen molar-refractivity contribution >= 4 is 11.9 Å². The number of rotatable bonds is 6. The molecule has 2 aliphatic rings. The number of nitrogens with two attached hydrogens (primary N) is 1. The van der Waals surface area contributed by atoms with E-state index in [-0.39, 0.29) is 5.91 Å². The number of carbonyl (C=O) groups excluding carboxylic acids is 1. The van der Waals surface area contributed by atoms with E-state index in [0.29, 0.717) is 24.3 Å². The van der Waals surface area contributed by atoms with Crippen molar-refractivity contribution < 1.29 is 9.53 Å². The van der Waals surface area contributed by atoms with Crippen molar-refractivity contribution in [3.63, 3.8) is 0 Å². The van der Waals surface area contributed by atoms with Gasteiger partial charge in [0.05, 0.1) is 13.2 Å². The highest BCUT2D eigenvalue weighted by Crippen LogP contribution is 2.19. The lowest BCUT2D eigenvalue weighted by molar-refractivity contribution is -0.119. The zero-order valence-corrected chi connectivity index (χ0v) is 16.0. The maximum Gasteiger partial charge on any atom is 0.217 e. The third-order valence-corrected chi connectivity index (χ3v) is 5.27. The quantitative estimate of drug-likeness (QED) is 0.537. The van der Waals surface area contributed by atoms with Gasteiger partial charge in [0, 0.05) is 52.2 Å². The van der Waals surface area contributed by atoms with E-state index in [1.54, 1.807) is 0 Å². The zero-order chi connectivity index (χ0) is 18.2. The van der Waals surface area contributed by atoms with Crippen molar-refractivity contribution in [2.24, 2.45) is 22.6 Å². The Kier molecular flexibility index (Phi) is 7.96. The largest absolute Gasteiger partial charge is 0.379 e. The molecule has 2 aliphatic heterocycles. The minimum atomic E-state index is -0.206. The first-order valence-electron chi connectivity index (χ1n) is 9.57. The van der Waals surface area contributed by atoms with Gasteiger partial charge in [-0.15, -0.1) is 0 Å². The smallest absolute Gasteiger partial charge is 0.217 e. The summed E-state index contributed by atoms with van der Waals surface area (Å²) in [5.74, 6) is 1.63. The zero-order valence-electron chi connectivity index (χ0n) is 16.0. The van der Waals surface area contributed by atoms with Gasteiger partial charge in [-0.05, 0) is 24.7 Å². The second-order valence-electron chi connectivity index (χ2n) is 7.51. The predicted octanol–water partition coefficient (Wildman–Crippen LogP) is 0.506. The number of carbonyl (C=O) groups is 1. The van der Waals surface area contributed by atoms with Crippen LogP contribution in [0, 0.1) is 11.8 Å². The molecule has 2 saturated heterocycles. The third-order valence-electron chi connectivity index (χ3n) is 5.27. The molecule has 0 radical (unpaired) electrons. The molecule has 25 heavy (non-hydrogen) atoms. The van der Waals surface area contributed by atoms with E-state index < -0.39 is 0 Å². The van der Waals surface area contributed by atoms with Gasteiger partial charge in [-0.25, -0.2) is 0 Å². The summed E-state index contributed by atoms with van der Waals surface area (Å²) in [6.07, 6.45) is 2.62. The predicted molar refractivity (Wildman–Crippen MR) is 100 cm³/mol. The standard InChI is InChI=1S/C18H35N5O2/c1-14(2)16(22-7-9-25-10-8-22)12-21-18(20-3)23-6-4-5-15(13-23)11-17(19)24/h14-16H,4-13H2,1-3H3,(H2,19,24)(H,20,21). The van der Waals surface area contributed by atoms with E-state index in [4.69, 9.17) is 10.5 Å². The second-order valence-corrected chi connectivity index (χ2v) is 7.51. The Hall–Kier alpha value is -1.34. The van der Waals surface area contributed by atoms with Crippen LogP contribution in [0.4, 0.5) is 0 Å². The van der Waals surface area contributed by atoms with Crippen LogP contribution in [0.25, 0.3) is 0 Å². The maximum atomic E-state index is 11.2. The average molecular weight is 354 g/mol. The molecule has 3 N–H and O–H groups in total. The molecule has 2 unspecified atom stereocenters. The van der Waals surface area contributed by atoms with E-state index in [1.807, 2.05) is 7.05 Å². The highest BCUT2D eigenvalue weighted by atomic mass is 16.5. The number of hydrogen-bond donors (Lipinski definition) is 2. The lowest BCUT2D eigenvalue weighted by Gasteiger charge is -2.39. The maximum absolute atomic E-state index is 11.2. The molecular weight excluding hydrogens is 318 g/mol. The molecule has 2 fully saturated rings. The van der Waals surface area contributed by atoms with E-state index in [2.05, 4.69) is 34.0 Å². The molecule has 1 amide bonds. The van der Waals surface area contributed by atoms with Gasteiger partial charge in [-0.3, -0.25) is 14.7 Å². The van der Waals surface area contributed by atoms with Crippen molar-refractivity contribution in [3.05, 3.63) is 0 Å². The van der Waals surface area contributed by atoms with Crippen LogP contribution in [0.2, 0.25) is 0 Å². The number of guanidine groups is 1. The first kappa shape index (κ1) is 20.0. The van der Waals surface area contributed by atoms with Gasteiger partial charge < -0.3 is 20.7 Å². The van der Waals surface area contributed by atoms with Crippen molar-refractivity contribution in [3.8, 4) is 0 Å². The minimum absolute atomic E-state index is 0.206. The summed E-state index contributed by atoms with van der Waals surface area (Å²) in [7, 11) is 1.83. The number of primary amides is 1. The molecule has 7 heteroatoms. The van der Waals surface area contributed by atoms with Gasteiger partial charge in [-0.2, -0.15) is 0 Å². The highest BCUT2D eigenvalue weighted by Gasteiger charge is 2.26. The van der Waals surface area contributed by atoms with Gasteiger partial charge in [0.25, 0.3) is 0 Å². The Morgan fingerprint density at radius 1 is 1.32 bits per heavy atom. The van der Waals surface area contributed by atoms with Gasteiger partial charge >= 0.3 is 0 Å². The molecule has 0 bridgehead atoms. The highest BCUT2D eigenvalue weighted by molar-refractivity contribution is 5.80. The van der Waals surface area contributed by atoms with Crippen LogP contribution in [-0.2, 0) is 9.53 Å². The number of hydrogen-bond acceptors (Lipinski definition) is 4. The SMILES string of the molecule is CN=C(NCC(C(C)C)N1CCOCC1)N1CCCC(CC(N)=O)C1. The summed E-state index contributed by atoms with van der Waals surface area (Å²) in [6, 6.07) is 0.465. The van der Waals surface area contributed by atoms with Crippen molar-refractivity contribution in [1.29, 1.82) is 0 Å². The fraction of sp³-hybridized carbons (Fsp3) is 0.889. The lowest BCUT2D eigenvalue weighted by Crippen LogP contribution is -2.54. The van der Waals surface area contributed by atoms with Gasteiger partial charge in [-0.1, -0.05) is 13.8 Å². The summed E-state index contributed by atoms with van der Waals surface area (Å²) in [6.45, 7) is 10.9. The number of piperidine rings is 1. The molecule has 2 atom stereocenters. The van der Waals surface area contributed by atoms with Crippen molar-refractivity contribution in [2.45, 2.75) is 39.2 Å². The van der Waals surface area contributed by atoms with Crippen LogP contribution < -0.4 is 11.1 Å². The van der Waals surface area contributed by atoms with Crippen molar-refractivity contribution in [2.75, 3.05) is 53.0 Å². The number of morpholine rings is 1. The molecule has 0 aromatic rings. The molecule has 0 spiro atoms. The Balaban J connectivity index is 1.90.